The van der Waals surface area contributed by atoms with E-state index >= 15 is 0 Å². The number of fused-ring (bicyclic) bond motifs is 20. The first kappa shape index (κ1) is 43.8. The van der Waals surface area contributed by atoms with Crippen LogP contribution in [0.1, 0.15) is 0 Å². The lowest BCUT2D eigenvalue weighted by molar-refractivity contribution is 0.306. The summed E-state index contributed by atoms with van der Waals surface area (Å²) in [5.74, 6) is 2.60. The number of aromatic nitrogens is 4. The molecule has 0 atom stereocenters. The number of rotatable bonds is 4. The lowest BCUT2D eigenvalue weighted by Gasteiger charge is -2.46. The second-order valence-corrected chi connectivity index (χ2v) is 20.7. The Labute approximate surface area is 415 Å². The van der Waals surface area contributed by atoms with Gasteiger partial charge in [0.05, 0.1) is 43.6 Å². The Balaban J connectivity index is 1.24. The van der Waals surface area contributed by atoms with Crippen LogP contribution in [-0.4, -0.2) is 172 Å². The summed E-state index contributed by atoms with van der Waals surface area (Å²) in [6, 6.07) is 20.4. The zero-order valence-corrected chi connectivity index (χ0v) is 41.7. The highest BCUT2D eigenvalue weighted by Gasteiger charge is 2.37. The van der Waals surface area contributed by atoms with Gasteiger partial charge in [-0.2, -0.15) is 0 Å². The normalized spacial score (nSPS) is 19.1. The van der Waals surface area contributed by atoms with E-state index in [1.54, 1.807) is 0 Å². The van der Waals surface area contributed by atoms with E-state index in [-0.39, 0.29) is 0 Å². The fraction of sp³-hybridized carbons (Fsp3) is 0.385. The predicted molar refractivity (Wildman–Crippen MR) is 285 cm³/mol. The summed E-state index contributed by atoms with van der Waals surface area (Å²) in [6.07, 6.45) is 0. The SMILES string of the molecule is CN1CCN(c2c(N3CCN(C)CC3)c(N3CCN(C)CC3)c3c4[nH]c(c3c2N2CCN(C)CC2)=Nc2[nH]c(c3ccccc23)N=c2[nH]c(c3ccccc23)=Nc2[nH]c(c3c(Cl)c(Cl)ccc23)N=4)CC1. The van der Waals surface area contributed by atoms with Crippen molar-refractivity contribution in [2.45, 2.75) is 0 Å². The molecule has 4 aromatic heterocycles. The molecule has 5 aliphatic heterocycles. The van der Waals surface area contributed by atoms with Gasteiger partial charge in [-0.3, -0.25) is 0 Å². The maximum atomic E-state index is 7.31. The number of benzene rings is 4. The number of hydrogen-bond acceptors (Lipinski definition) is 12. The quantitative estimate of drug-likeness (QED) is 0.168. The molecule has 4 fully saturated rings. The zero-order chi connectivity index (χ0) is 47.4. The highest BCUT2D eigenvalue weighted by Crippen LogP contribution is 2.52. The Hall–Kier alpha value is -6.14. The number of anilines is 4. The number of likely N-dealkylation sites (N-methyl/N-ethyl adjacent to an activating group) is 4. The molecule has 0 aliphatic carbocycles. The Kier molecular flexibility index (Phi) is 10.8. The lowest BCUT2D eigenvalue weighted by Crippen LogP contribution is -2.50. The molecule has 0 unspecified atom stereocenters. The van der Waals surface area contributed by atoms with Crippen LogP contribution < -0.4 is 41.6 Å². The van der Waals surface area contributed by atoms with Gasteiger partial charge in [0, 0.05) is 137 Å². The number of halogens is 2. The minimum Gasteiger partial charge on any atom is -0.367 e. The van der Waals surface area contributed by atoms with Crippen LogP contribution in [0.4, 0.5) is 46.0 Å². The third-order valence-electron chi connectivity index (χ3n) is 15.5. The standard InChI is InChI=1S/C52H58Cl2N16/c1-63-15-23-67(24-16-63)41-38-39(42(68-25-17-64(2)18-26-68)44(70-29-21-66(4)22-30-70)43(41)69-27-19-65(3)20-28-69)52-61-50-37-35(13-14-36(53)40(37)54)49(60-50)58-47-32-10-6-5-9-31(32)45(56-47)55-46-33-11-7-8-12-34(33)48(57-46)59-51(38)62-52/h5-14H,15-30H2,1-4H3,(H4,55,56,57,58,59,60,61,62). The minimum absolute atomic E-state index is 0.416. The summed E-state index contributed by atoms with van der Waals surface area (Å²) in [7, 11) is 8.96. The third-order valence-corrected chi connectivity index (χ3v) is 16.3. The topological polar surface area (TPSA) is 139 Å². The van der Waals surface area contributed by atoms with Crippen molar-refractivity contribution in [2.75, 3.05) is 153 Å². The number of nitrogens with one attached hydrogen (secondary N) is 4. The van der Waals surface area contributed by atoms with Crippen LogP contribution >= 0.6 is 23.2 Å². The summed E-state index contributed by atoms with van der Waals surface area (Å²) >= 11 is 14.2. The van der Waals surface area contributed by atoms with E-state index < -0.39 is 0 Å². The van der Waals surface area contributed by atoms with Crippen molar-refractivity contribution in [1.82, 2.24) is 39.5 Å². The predicted octanol–water partition coefficient (Wildman–Crippen LogP) is 6.04. The van der Waals surface area contributed by atoms with Gasteiger partial charge in [0.15, 0.2) is 0 Å². The highest BCUT2D eigenvalue weighted by molar-refractivity contribution is 6.46. The number of piperazine rings is 4. The first-order valence-corrected chi connectivity index (χ1v) is 25.5. The maximum absolute atomic E-state index is 7.31. The second kappa shape index (κ2) is 17.3. The highest BCUT2D eigenvalue weighted by atomic mass is 35.5. The van der Waals surface area contributed by atoms with Crippen molar-refractivity contribution >= 4 is 112 Å². The van der Waals surface area contributed by atoms with Gasteiger partial charge in [0.1, 0.15) is 45.2 Å². The number of hydrogen-bond donors (Lipinski definition) is 4. The molecule has 0 saturated carbocycles. The fourth-order valence-corrected chi connectivity index (χ4v) is 11.8. The molecule has 9 heterocycles. The molecule has 13 rings (SSSR count). The van der Waals surface area contributed by atoms with Crippen molar-refractivity contribution in [2.24, 2.45) is 20.0 Å². The van der Waals surface area contributed by atoms with Crippen molar-refractivity contribution in [1.29, 1.82) is 0 Å². The smallest absolute Gasteiger partial charge is 0.144 e. The largest absolute Gasteiger partial charge is 0.367 e. The van der Waals surface area contributed by atoms with Gasteiger partial charge in [0.25, 0.3) is 0 Å². The lowest BCUT2D eigenvalue weighted by atomic mass is 9.99. The first-order valence-electron chi connectivity index (χ1n) is 24.7. The summed E-state index contributed by atoms with van der Waals surface area (Å²) < 4.78 is 0. The Morgan fingerprint density at radius 2 is 0.686 bits per heavy atom. The Morgan fingerprint density at radius 3 is 1.13 bits per heavy atom. The van der Waals surface area contributed by atoms with Crippen LogP contribution in [-0.2, 0) is 0 Å². The van der Waals surface area contributed by atoms with Crippen molar-refractivity contribution in [3.05, 3.63) is 92.7 Å². The van der Waals surface area contributed by atoms with Crippen molar-refractivity contribution in [3.8, 4) is 0 Å². The fourth-order valence-electron chi connectivity index (χ4n) is 11.4. The molecule has 0 radical (unpaired) electrons. The molecule has 360 valence electrons. The van der Waals surface area contributed by atoms with Crippen LogP contribution in [0.3, 0.4) is 0 Å². The molecule has 4 saturated heterocycles. The molecule has 0 spiro atoms. The van der Waals surface area contributed by atoms with E-state index in [1.165, 1.54) is 22.7 Å². The van der Waals surface area contributed by atoms with Gasteiger partial charge in [-0.15, -0.1) is 0 Å². The summed E-state index contributed by atoms with van der Waals surface area (Å²) in [6.45, 7) is 14.8. The molecule has 18 heteroatoms. The molecular formula is C52H58Cl2N16. The minimum atomic E-state index is 0.416. The van der Waals surface area contributed by atoms with Crippen LogP contribution in [0, 0.1) is 0 Å². The van der Waals surface area contributed by atoms with Crippen LogP contribution in [0.25, 0.3) is 43.1 Å². The second-order valence-electron chi connectivity index (χ2n) is 19.9. The molecule has 4 aromatic carbocycles. The number of H-pyrrole nitrogens is 4. The molecule has 0 amide bonds. The molecule has 70 heavy (non-hydrogen) atoms. The van der Waals surface area contributed by atoms with Gasteiger partial charge in [0.2, 0.25) is 0 Å². The Morgan fingerprint density at radius 1 is 0.343 bits per heavy atom. The van der Waals surface area contributed by atoms with Gasteiger partial charge in [-0.05, 0) is 40.3 Å². The number of aromatic amines is 4. The van der Waals surface area contributed by atoms with Crippen LogP contribution in [0.2, 0.25) is 10.0 Å². The van der Waals surface area contributed by atoms with Crippen LogP contribution in [0.15, 0.2) is 80.6 Å². The van der Waals surface area contributed by atoms with Gasteiger partial charge < -0.3 is 59.1 Å². The van der Waals surface area contributed by atoms with Gasteiger partial charge >= 0.3 is 0 Å². The number of nitrogens with zero attached hydrogens (tertiary/aromatic N) is 12. The van der Waals surface area contributed by atoms with E-state index in [1.807, 2.05) is 24.3 Å². The van der Waals surface area contributed by atoms with E-state index in [0.29, 0.717) is 55.2 Å². The van der Waals surface area contributed by atoms with Crippen LogP contribution in [0.5, 0.6) is 0 Å². The molecule has 8 aromatic rings. The van der Waals surface area contributed by atoms with E-state index in [9.17, 15) is 0 Å². The summed E-state index contributed by atoms with van der Waals surface area (Å²) in [5, 5.41) is 8.32. The van der Waals surface area contributed by atoms with E-state index in [4.69, 9.17) is 43.2 Å². The Bertz CT molecular complexity index is 3610. The van der Waals surface area contributed by atoms with E-state index in [0.717, 1.165) is 148 Å². The molecule has 16 nitrogen and oxygen atoms in total. The third kappa shape index (κ3) is 7.33. The van der Waals surface area contributed by atoms with E-state index in [2.05, 4.69) is 124 Å². The van der Waals surface area contributed by atoms with Gasteiger partial charge in [-0.1, -0.05) is 71.7 Å². The molecule has 8 bridgehead atoms. The van der Waals surface area contributed by atoms with Gasteiger partial charge in [-0.25, -0.2) is 20.0 Å². The molecule has 5 aliphatic rings. The maximum Gasteiger partial charge on any atom is 0.144 e. The molecular weight excluding hydrogens is 920 g/mol. The zero-order valence-electron chi connectivity index (χ0n) is 40.2. The average molecular weight is 978 g/mol. The molecule has 4 N–H and O–H groups in total. The van der Waals surface area contributed by atoms with Crippen molar-refractivity contribution < 1.29 is 0 Å². The first-order chi connectivity index (χ1) is 34.1. The monoisotopic (exact) mass is 976 g/mol. The summed E-state index contributed by atoms with van der Waals surface area (Å²) in [4.78, 5) is 57.7. The average Bonchev–Trinajstić information content (AvgIpc) is 4.12. The summed E-state index contributed by atoms with van der Waals surface area (Å²) in [5.41, 5.74) is 7.81. The van der Waals surface area contributed by atoms with Crippen molar-refractivity contribution in [3.63, 3.8) is 0 Å².